The zero-order valence-electron chi connectivity index (χ0n) is 14.3. The van der Waals surface area contributed by atoms with Crippen molar-refractivity contribution in [3.63, 3.8) is 0 Å². The van der Waals surface area contributed by atoms with Crippen LogP contribution in [0, 0.1) is 0 Å². The van der Waals surface area contributed by atoms with Crippen molar-refractivity contribution in [3.8, 4) is 5.75 Å². The first kappa shape index (κ1) is 18.9. The third kappa shape index (κ3) is 4.57. The van der Waals surface area contributed by atoms with E-state index in [-0.39, 0.29) is 5.91 Å². The molecule has 0 saturated carbocycles. The molecule has 0 fully saturated rings. The van der Waals surface area contributed by atoms with Crippen LogP contribution >= 0.6 is 12.6 Å². The van der Waals surface area contributed by atoms with Gasteiger partial charge in [0.1, 0.15) is 17.6 Å². The Kier molecular flexibility index (Phi) is 6.94. The monoisotopic (exact) mass is 362 g/mol. The standard InChI is InChI=1S/C18H22N2O4S/c1-23-15-8-4-3-7-13(15)17(21)20-11-6-5-9-16(20)19-14(10-12-25)18(22)24-2/h3-9,14,19,25H,10-12H2,1-2H3/t14-/m0/s1. The Labute approximate surface area is 152 Å². The van der Waals surface area contributed by atoms with E-state index < -0.39 is 12.0 Å². The molecule has 1 amide bonds. The molecule has 6 nitrogen and oxygen atoms in total. The van der Waals surface area contributed by atoms with Crippen molar-refractivity contribution in [1.82, 2.24) is 10.2 Å². The quantitative estimate of drug-likeness (QED) is 0.574. The number of ether oxygens (including phenoxy) is 2. The number of methoxy groups -OCH3 is 2. The number of carbonyl (C=O) groups excluding carboxylic acids is 2. The Morgan fingerprint density at radius 3 is 2.76 bits per heavy atom. The van der Waals surface area contributed by atoms with Gasteiger partial charge in [0.2, 0.25) is 0 Å². The maximum atomic E-state index is 13.0. The molecule has 1 aliphatic heterocycles. The third-order valence-electron chi connectivity index (χ3n) is 3.78. The summed E-state index contributed by atoms with van der Waals surface area (Å²) in [5.74, 6) is 0.942. The number of thiol groups is 1. The second-order valence-corrected chi connectivity index (χ2v) is 5.78. The van der Waals surface area contributed by atoms with Gasteiger partial charge in [0.15, 0.2) is 0 Å². The van der Waals surface area contributed by atoms with Crippen LogP contribution in [0.4, 0.5) is 0 Å². The lowest BCUT2D eigenvalue weighted by atomic mass is 10.1. The molecule has 7 heteroatoms. The molecule has 1 N–H and O–H groups in total. The van der Waals surface area contributed by atoms with Crippen LogP contribution in [-0.2, 0) is 9.53 Å². The first-order valence-corrected chi connectivity index (χ1v) is 8.52. The first-order valence-electron chi connectivity index (χ1n) is 7.89. The van der Waals surface area contributed by atoms with Gasteiger partial charge in [-0.1, -0.05) is 24.3 Å². The number of nitrogens with one attached hydrogen (secondary N) is 1. The predicted molar refractivity (Wildman–Crippen MR) is 98.7 cm³/mol. The number of nitrogens with zero attached hydrogens (tertiary/aromatic N) is 1. The number of carbonyl (C=O) groups is 2. The molecule has 134 valence electrons. The third-order valence-corrected chi connectivity index (χ3v) is 4.04. The van der Waals surface area contributed by atoms with Crippen LogP contribution in [0.25, 0.3) is 0 Å². The molecule has 0 saturated heterocycles. The van der Waals surface area contributed by atoms with E-state index in [2.05, 4.69) is 17.9 Å². The van der Waals surface area contributed by atoms with Crippen LogP contribution in [0.15, 0.2) is 48.3 Å². The second-order valence-electron chi connectivity index (χ2n) is 5.33. The van der Waals surface area contributed by atoms with E-state index in [1.165, 1.54) is 14.2 Å². The van der Waals surface area contributed by atoms with Crippen LogP contribution in [0.1, 0.15) is 16.8 Å². The minimum absolute atomic E-state index is 0.213. The SMILES string of the molecule is COC(=O)[C@H](CCS)NC1=CC=CCN1C(=O)c1ccccc1OC. The number of hydrogen-bond donors (Lipinski definition) is 2. The van der Waals surface area contributed by atoms with E-state index in [0.29, 0.717) is 35.9 Å². The second kappa shape index (κ2) is 9.17. The Hall–Kier alpha value is -2.41. The number of hydrogen-bond acceptors (Lipinski definition) is 6. The van der Waals surface area contributed by atoms with Crippen molar-refractivity contribution >= 4 is 24.5 Å². The summed E-state index contributed by atoms with van der Waals surface area (Å²) in [4.78, 5) is 26.5. The number of allylic oxidation sites excluding steroid dienone is 2. The zero-order chi connectivity index (χ0) is 18.2. The van der Waals surface area contributed by atoms with Crippen LogP contribution in [0.3, 0.4) is 0 Å². The number of esters is 1. The van der Waals surface area contributed by atoms with Crippen LogP contribution in [-0.4, -0.2) is 49.3 Å². The molecule has 1 atom stereocenters. The average molecular weight is 362 g/mol. The van der Waals surface area contributed by atoms with Gasteiger partial charge in [-0.3, -0.25) is 9.69 Å². The number of rotatable bonds is 7. The van der Waals surface area contributed by atoms with Gasteiger partial charge < -0.3 is 14.8 Å². The summed E-state index contributed by atoms with van der Waals surface area (Å²) in [6, 6.07) is 6.46. The molecule has 25 heavy (non-hydrogen) atoms. The fraction of sp³-hybridized carbons (Fsp3) is 0.333. The zero-order valence-corrected chi connectivity index (χ0v) is 15.2. The molecule has 1 heterocycles. The van der Waals surface area contributed by atoms with E-state index in [0.717, 1.165) is 0 Å². The highest BCUT2D eigenvalue weighted by Crippen LogP contribution is 2.22. The lowest BCUT2D eigenvalue weighted by Crippen LogP contribution is -2.45. The van der Waals surface area contributed by atoms with Crippen molar-refractivity contribution in [3.05, 3.63) is 53.9 Å². The Bertz CT molecular complexity index is 687. The molecule has 0 unspecified atom stereocenters. The van der Waals surface area contributed by atoms with E-state index >= 15 is 0 Å². The average Bonchev–Trinajstić information content (AvgIpc) is 2.66. The van der Waals surface area contributed by atoms with Crippen molar-refractivity contribution < 1.29 is 19.1 Å². The summed E-state index contributed by atoms with van der Waals surface area (Å²) < 4.78 is 10.1. The molecular formula is C18H22N2O4S. The lowest BCUT2D eigenvalue weighted by Gasteiger charge is -2.30. The van der Waals surface area contributed by atoms with Gasteiger partial charge in [-0.2, -0.15) is 12.6 Å². The van der Waals surface area contributed by atoms with Gasteiger partial charge in [-0.05, 0) is 30.4 Å². The van der Waals surface area contributed by atoms with E-state index in [4.69, 9.17) is 9.47 Å². The molecule has 1 aromatic rings. The fourth-order valence-corrected chi connectivity index (χ4v) is 2.76. The van der Waals surface area contributed by atoms with Crippen molar-refractivity contribution in [2.75, 3.05) is 26.5 Å². The highest BCUT2D eigenvalue weighted by Gasteiger charge is 2.26. The largest absolute Gasteiger partial charge is 0.496 e. The summed E-state index contributed by atoms with van der Waals surface area (Å²) in [6.45, 7) is 0.393. The molecule has 1 aromatic carbocycles. The van der Waals surface area contributed by atoms with Gasteiger partial charge in [0.05, 0.1) is 19.8 Å². The molecule has 1 aliphatic rings. The highest BCUT2D eigenvalue weighted by atomic mass is 32.1. The summed E-state index contributed by atoms with van der Waals surface area (Å²) in [5.41, 5.74) is 0.455. The number of para-hydroxylation sites is 1. The fourth-order valence-electron chi connectivity index (χ4n) is 2.50. The van der Waals surface area contributed by atoms with Gasteiger partial charge >= 0.3 is 5.97 Å². The highest BCUT2D eigenvalue weighted by molar-refractivity contribution is 7.80. The lowest BCUT2D eigenvalue weighted by molar-refractivity contribution is -0.143. The molecule has 0 aliphatic carbocycles. The van der Waals surface area contributed by atoms with Crippen LogP contribution < -0.4 is 10.1 Å². The molecular weight excluding hydrogens is 340 g/mol. The Morgan fingerprint density at radius 2 is 2.08 bits per heavy atom. The van der Waals surface area contributed by atoms with Crippen molar-refractivity contribution in [2.24, 2.45) is 0 Å². The molecule has 0 aromatic heterocycles. The normalized spacial score (nSPS) is 14.5. The Morgan fingerprint density at radius 1 is 1.32 bits per heavy atom. The topological polar surface area (TPSA) is 67.9 Å². The minimum Gasteiger partial charge on any atom is -0.496 e. The van der Waals surface area contributed by atoms with Gasteiger partial charge in [0.25, 0.3) is 5.91 Å². The molecule has 0 bridgehead atoms. The molecule has 2 rings (SSSR count). The van der Waals surface area contributed by atoms with Crippen molar-refractivity contribution in [1.29, 1.82) is 0 Å². The maximum Gasteiger partial charge on any atom is 0.328 e. The van der Waals surface area contributed by atoms with E-state index in [1.807, 2.05) is 12.2 Å². The first-order chi connectivity index (χ1) is 12.1. The Balaban J connectivity index is 2.24. The van der Waals surface area contributed by atoms with Gasteiger partial charge in [-0.15, -0.1) is 0 Å². The van der Waals surface area contributed by atoms with Crippen LogP contribution in [0.5, 0.6) is 5.75 Å². The van der Waals surface area contributed by atoms with E-state index in [1.54, 1.807) is 35.2 Å². The van der Waals surface area contributed by atoms with Gasteiger partial charge in [-0.25, -0.2) is 4.79 Å². The molecule has 0 spiro atoms. The molecule has 0 radical (unpaired) electrons. The number of benzene rings is 1. The minimum atomic E-state index is -0.576. The smallest absolute Gasteiger partial charge is 0.328 e. The maximum absolute atomic E-state index is 13.0. The summed E-state index contributed by atoms with van der Waals surface area (Å²) >= 11 is 4.18. The summed E-state index contributed by atoms with van der Waals surface area (Å²) in [7, 11) is 2.86. The summed E-state index contributed by atoms with van der Waals surface area (Å²) in [6.07, 6.45) is 5.94. The van der Waals surface area contributed by atoms with Crippen LogP contribution in [0.2, 0.25) is 0 Å². The van der Waals surface area contributed by atoms with Crippen molar-refractivity contribution in [2.45, 2.75) is 12.5 Å². The van der Waals surface area contributed by atoms with E-state index in [9.17, 15) is 9.59 Å². The number of amides is 1. The summed E-state index contributed by atoms with van der Waals surface area (Å²) in [5, 5.41) is 3.10. The predicted octanol–water partition coefficient (Wildman–Crippen LogP) is 2.00. The van der Waals surface area contributed by atoms with Gasteiger partial charge in [0, 0.05) is 6.54 Å².